The molecule has 0 heterocycles. The van der Waals surface area contributed by atoms with Gasteiger partial charge in [0.1, 0.15) is 11.5 Å². The Morgan fingerprint density at radius 3 is 2.17 bits per heavy atom. The summed E-state index contributed by atoms with van der Waals surface area (Å²) >= 11 is 0. The van der Waals surface area contributed by atoms with Crippen molar-refractivity contribution in [1.82, 2.24) is 0 Å². The Labute approximate surface area is 128 Å². The number of alkyl halides is 2. The monoisotopic (exact) mass is 326 g/mol. The molecular weight excluding hydrogens is 316 g/mol. The van der Waals surface area contributed by atoms with E-state index in [1.165, 1.54) is 12.1 Å². The lowest BCUT2D eigenvalue weighted by Crippen LogP contribution is -2.22. The average molecular weight is 326 g/mol. The van der Waals surface area contributed by atoms with E-state index in [0.717, 1.165) is 12.1 Å². The van der Waals surface area contributed by atoms with Gasteiger partial charge in [-0.1, -0.05) is 18.2 Å². The van der Waals surface area contributed by atoms with Gasteiger partial charge in [-0.15, -0.1) is 0 Å². The van der Waals surface area contributed by atoms with Crippen LogP contribution in [0.2, 0.25) is 0 Å². The van der Waals surface area contributed by atoms with E-state index in [2.05, 4.69) is 0 Å². The highest BCUT2D eigenvalue weighted by Crippen LogP contribution is 2.26. The number of nitrogens with one attached hydrogen (secondary N) is 2. The summed E-state index contributed by atoms with van der Waals surface area (Å²) in [6, 6.07) is 9.13. The van der Waals surface area contributed by atoms with E-state index < -0.39 is 41.2 Å². The quantitative estimate of drug-likeness (QED) is 0.846. The van der Waals surface area contributed by atoms with Crippen LogP contribution in [0.4, 0.5) is 28.9 Å². The molecule has 0 fully saturated rings. The Balaban J connectivity index is 2.28. The van der Waals surface area contributed by atoms with Crippen LogP contribution in [0.5, 0.6) is 0 Å². The molecule has 0 atom stereocenters. The summed E-state index contributed by atoms with van der Waals surface area (Å²) in [5.74, 6) is -5.00. The first kappa shape index (κ1) is 16.5. The largest absolute Gasteiger partial charge is 0.319 e. The number of amides is 2. The Morgan fingerprint density at radius 1 is 0.913 bits per heavy atom. The van der Waals surface area contributed by atoms with Gasteiger partial charge in [0.05, 0.1) is 5.69 Å². The zero-order chi connectivity index (χ0) is 17.0. The van der Waals surface area contributed by atoms with Crippen molar-refractivity contribution in [1.29, 1.82) is 0 Å². The Hall–Kier alpha value is -2.90. The normalized spacial score (nSPS) is 10.5. The fraction of sp³-hybridized carbons (Fsp3) is 0.0667. The molecule has 2 aromatic rings. The third kappa shape index (κ3) is 3.85. The highest BCUT2D eigenvalue weighted by Gasteiger charge is 2.21. The minimum Gasteiger partial charge on any atom is -0.319 e. The molecule has 0 spiro atoms. The number of carbonyl (C=O) groups excluding carboxylic acids is 2. The second-order valence-corrected chi connectivity index (χ2v) is 4.39. The first-order valence-corrected chi connectivity index (χ1v) is 6.33. The fourth-order valence-corrected chi connectivity index (χ4v) is 1.73. The smallest absolute Gasteiger partial charge is 0.315 e. The third-order valence-electron chi connectivity index (χ3n) is 2.82. The zero-order valence-electron chi connectivity index (χ0n) is 11.4. The maximum atomic E-state index is 14.1. The van der Waals surface area contributed by atoms with Crippen molar-refractivity contribution in [3.63, 3.8) is 0 Å². The van der Waals surface area contributed by atoms with Gasteiger partial charge in [-0.2, -0.15) is 8.78 Å². The van der Waals surface area contributed by atoms with Crippen molar-refractivity contribution in [3.05, 3.63) is 59.7 Å². The van der Waals surface area contributed by atoms with Crippen LogP contribution in [0, 0.1) is 11.6 Å². The summed E-state index contributed by atoms with van der Waals surface area (Å²) in [5, 5.41) is 3.62. The highest BCUT2D eigenvalue weighted by atomic mass is 19.3. The molecule has 2 rings (SSSR count). The van der Waals surface area contributed by atoms with E-state index in [0.29, 0.717) is 0 Å². The van der Waals surface area contributed by atoms with Crippen molar-refractivity contribution in [2.45, 2.75) is 6.43 Å². The number of anilines is 2. The second kappa shape index (κ2) is 6.91. The minimum absolute atomic E-state index is 0.147. The first-order valence-electron chi connectivity index (χ1n) is 6.33. The number of rotatable bonds is 4. The molecule has 0 saturated heterocycles. The van der Waals surface area contributed by atoms with Gasteiger partial charge in [0, 0.05) is 5.56 Å². The van der Waals surface area contributed by atoms with Gasteiger partial charge in [0.15, 0.2) is 5.82 Å². The van der Waals surface area contributed by atoms with Gasteiger partial charge >= 0.3 is 6.43 Å². The molecule has 0 radical (unpaired) electrons. The summed E-state index contributed by atoms with van der Waals surface area (Å²) in [6.45, 7) is 0. The zero-order valence-corrected chi connectivity index (χ0v) is 11.4. The highest BCUT2D eigenvalue weighted by molar-refractivity contribution is 6.05. The summed E-state index contributed by atoms with van der Waals surface area (Å²) in [6.07, 6.45) is -3.36. The van der Waals surface area contributed by atoms with Gasteiger partial charge in [-0.3, -0.25) is 9.59 Å². The average Bonchev–Trinajstić information content (AvgIpc) is 2.54. The van der Waals surface area contributed by atoms with Gasteiger partial charge in [-0.05, 0) is 24.3 Å². The van der Waals surface area contributed by atoms with Crippen LogP contribution in [0.15, 0.2) is 42.5 Å². The SMILES string of the molecule is O=C(Nc1c(F)ccc(NC(=O)C(F)F)c1F)c1ccccc1. The predicted molar refractivity (Wildman–Crippen MR) is 75.4 cm³/mol. The lowest BCUT2D eigenvalue weighted by molar-refractivity contribution is -0.126. The van der Waals surface area contributed by atoms with Gasteiger partial charge in [-0.25, -0.2) is 8.78 Å². The molecule has 23 heavy (non-hydrogen) atoms. The van der Waals surface area contributed by atoms with E-state index in [1.807, 2.05) is 5.32 Å². The molecule has 4 nitrogen and oxygen atoms in total. The number of hydrogen-bond donors (Lipinski definition) is 2. The lowest BCUT2D eigenvalue weighted by Gasteiger charge is -2.12. The molecule has 0 aliphatic rings. The van der Waals surface area contributed by atoms with Gasteiger partial charge < -0.3 is 10.6 Å². The van der Waals surface area contributed by atoms with Crippen molar-refractivity contribution < 1.29 is 27.2 Å². The number of benzene rings is 2. The van der Waals surface area contributed by atoms with E-state index in [1.54, 1.807) is 23.5 Å². The molecule has 0 aliphatic carbocycles. The molecule has 8 heteroatoms. The lowest BCUT2D eigenvalue weighted by atomic mass is 10.2. The molecule has 0 aliphatic heterocycles. The van der Waals surface area contributed by atoms with Crippen LogP contribution in [-0.2, 0) is 4.79 Å². The van der Waals surface area contributed by atoms with Crippen LogP contribution in [0.25, 0.3) is 0 Å². The molecule has 2 amide bonds. The number of carbonyl (C=O) groups is 2. The minimum atomic E-state index is -3.36. The predicted octanol–water partition coefficient (Wildman–Crippen LogP) is 3.42. The molecule has 0 unspecified atom stereocenters. The topological polar surface area (TPSA) is 58.2 Å². The molecule has 2 aromatic carbocycles. The molecule has 0 saturated carbocycles. The van der Waals surface area contributed by atoms with Crippen LogP contribution in [-0.4, -0.2) is 18.2 Å². The standard InChI is InChI=1S/C15H10F4N2O2/c16-9-6-7-10(20-15(23)13(18)19)11(17)12(9)21-14(22)8-4-2-1-3-5-8/h1-7,13H,(H,20,23)(H,21,22). The van der Waals surface area contributed by atoms with Crippen LogP contribution >= 0.6 is 0 Å². The molecule has 120 valence electrons. The van der Waals surface area contributed by atoms with Crippen LogP contribution < -0.4 is 10.6 Å². The molecule has 2 N–H and O–H groups in total. The maximum absolute atomic E-state index is 14.1. The summed E-state index contributed by atoms with van der Waals surface area (Å²) < 4.78 is 52.2. The Morgan fingerprint density at radius 2 is 1.57 bits per heavy atom. The third-order valence-corrected chi connectivity index (χ3v) is 2.82. The van der Waals surface area contributed by atoms with Crippen molar-refractivity contribution >= 4 is 23.2 Å². The Kier molecular flexibility index (Phi) is 4.95. The second-order valence-electron chi connectivity index (χ2n) is 4.39. The van der Waals surface area contributed by atoms with Gasteiger partial charge in [0.25, 0.3) is 11.8 Å². The van der Waals surface area contributed by atoms with E-state index in [9.17, 15) is 27.2 Å². The summed E-state index contributed by atoms with van der Waals surface area (Å²) in [4.78, 5) is 22.8. The van der Waals surface area contributed by atoms with Crippen molar-refractivity contribution in [2.24, 2.45) is 0 Å². The fourth-order valence-electron chi connectivity index (χ4n) is 1.73. The van der Waals surface area contributed by atoms with E-state index >= 15 is 0 Å². The summed E-state index contributed by atoms with van der Waals surface area (Å²) in [5.41, 5.74) is -1.36. The van der Waals surface area contributed by atoms with Gasteiger partial charge in [0.2, 0.25) is 0 Å². The maximum Gasteiger partial charge on any atom is 0.315 e. The molecular formula is C15H10F4N2O2. The van der Waals surface area contributed by atoms with Crippen molar-refractivity contribution in [2.75, 3.05) is 10.6 Å². The Bertz CT molecular complexity index is 736. The van der Waals surface area contributed by atoms with Crippen LogP contribution in [0.3, 0.4) is 0 Å². The van der Waals surface area contributed by atoms with Crippen LogP contribution in [0.1, 0.15) is 10.4 Å². The summed E-state index contributed by atoms with van der Waals surface area (Å²) in [7, 11) is 0. The first-order chi connectivity index (χ1) is 10.9. The van der Waals surface area contributed by atoms with Crippen molar-refractivity contribution in [3.8, 4) is 0 Å². The molecule has 0 aromatic heterocycles. The van der Waals surface area contributed by atoms with E-state index in [-0.39, 0.29) is 5.56 Å². The number of halogens is 4. The molecule has 0 bridgehead atoms. The van der Waals surface area contributed by atoms with E-state index in [4.69, 9.17) is 0 Å². The number of hydrogen-bond acceptors (Lipinski definition) is 2.